The lowest BCUT2D eigenvalue weighted by Crippen LogP contribution is -2.40. The molecule has 0 radical (unpaired) electrons. The molecular weight excluding hydrogens is 414 g/mol. The molecule has 0 spiro atoms. The number of likely N-dealkylation sites (tertiary alicyclic amines) is 1. The Morgan fingerprint density at radius 2 is 1.94 bits per heavy atom. The lowest BCUT2D eigenvalue weighted by molar-refractivity contribution is -0.130. The van der Waals surface area contributed by atoms with Crippen LogP contribution in [0, 0.1) is 6.92 Å². The fourth-order valence-electron chi connectivity index (χ4n) is 4.92. The number of likely N-dealkylation sites (N-methyl/N-ethyl adjacent to an activating group) is 1. The summed E-state index contributed by atoms with van der Waals surface area (Å²) in [4.78, 5) is 36.3. The van der Waals surface area contributed by atoms with Crippen molar-refractivity contribution in [1.29, 1.82) is 0 Å². The number of rotatable bonds is 5. The van der Waals surface area contributed by atoms with E-state index < -0.39 is 0 Å². The quantitative estimate of drug-likeness (QED) is 0.646. The highest BCUT2D eigenvalue weighted by Gasteiger charge is 2.24. The second kappa shape index (κ2) is 9.14. The first-order valence-electron chi connectivity index (χ1n) is 11.8. The summed E-state index contributed by atoms with van der Waals surface area (Å²) in [6.45, 7) is 8.56. The van der Waals surface area contributed by atoms with Gasteiger partial charge in [0.15, 0.2) is 0 Å². The van der Waals surface area contributed by atoms with Crippen LogP contribution in [0.2, 0.25) is 0 Å². The van der Waals surface area contributed by atoms with Crippen molar-refractivity contribution >= 4 is 16.8 Å². The number of benzene rings is 1. The van der Waals surface area contributed by atoms with Gasteiger partial charge in [-0.15, -0.1) is 0 Å². The number of aromatic nitrogens is 3. The van der Waals surface area contributed by atoms with Gasteiger partial charge in [-0.25, -0.2) is 4.98 Å². The molecule has 3 aromatic rings. The number of nitrogens with one attached hydrogen (secondary N) is 1. The van der Waals surface area contributed by atoms with E-state index in [2.05, 4.69) is 46.9 Å². The van der Waals surface area contributed by atoms with E-state index in [4.69, 9.17) is 0 Å². The molecule has 1 saturated heterocycles. The first-order valence-corrected chi connectivity index (χ1v) is 11.8. The topological polar surface area (TPSA) is 74.2 Å². The maximum atomic E-state index is 12.1. The molecule has 0 aliphatic carbocycles. The summed E-state index contributed by atoms with van der Waals surface area (Å²) in [5.41, 5.74) is 5.93. The van der Waals surface area contributed by atoms with Gasteiger partial charge in [0.25, 0.3) is 5.56 Å². The van der Waals surface area contributed by atoms with Gasteiger partial charge in [-0.05, 0) is 68.0 Å². The highest BCUT2D eigenvalue weighted by atomic mass is 16.2. The predicted octanol–water partition coefficient (Wildman–Crippen LogP) is 3.63. The Labute approximate surface area is 195 Å². The van der Waals surface area contributed by atoms with E-state index in [1.807, 2.05) is 20.3 Å². The molecule has 33 heavy (non-hydrogen) atoms. The van der Waals surface area contributed by atoms with E-state index in [0.29, 0.717) is 24.1 Å². The number of hydrogen-bond acceptors (Lipinski definition) is 4. The van der Waals surface area contributed by atoms with Crippen molar-refractivity contribution in [2.24, 2.45) is 7.05 Å². The summed E-state index contributed by atoms with van der Waals surface area (Å²) >= 11 is 0. The fraction of sp³-hybridized carbons (Fsp3) is 0.500. The molecule has 1 fully saturated rings. The Morgan fingerprint density at radius 1 is 1.24 bits per heavy atom. The van der Waals surface area contributed by atoms with E-state index in [1.165, 1.54) is 16.5 Å². The summed E-state index contributed by atoms with van der Waals surface area (Å²) in [5.74, 6) is 0.970. The Bertz CT molecular complexity index is 1200. The van der Waals surface area contributed by atoms with Crippen molar-refractivity contribution in [2.45, 2.75) is 45.4 Å². The molecule has 0 unspecified atom stereocenters. The Balaban J connectivity index is 1.64. The maximum Gasteiger partial charge on any atom is 0.271 e. The molecule has 4 rings (SSSR count). The molecule has 3 heterocycles. The molecule has 0 atom stereocenters. The van der Waals surface area contributed by atoms with E-state index >= 15 is 0 Å². The van der Waals surface area contributed by atoms with Crippen molar-refractivity contribution in [3.63, 3.8) is 0 Å². The summed E-state index contributed by atoms with van der Waals surface area (Å²) in [7, 11) is 5.40. The zero-order valence-electron chi connectivity index (χ0n) is 20.6. The average molecular weight is 450 g/mol. The van der Waals surface area contributed by atoms with Gasteiger partial charge in [0.2, 0.25) is 5.91 Å². The minimum atomic E-state index is -0.0677. The molecule has 7 heteroatoms. The van der Waals surface area contributed by atoms with Gasteiger partial charge < -0.3 is 14.5 Å². The summed E-state index contributed by atoms with van der Waals surface area (Å²) < 4.78 is 1.60. The minimum absolute atomic E-state index is 0.0677. The minimum Gasteiger partial charge on any atom is -0.353 e. The molecule has 1 N–H and O–H groups in total. The van der Waals surface area contributed by atoms with Crippen LogP contribution in [0.3, 0.4) is 0 Å². The highest BCUT2D eigenvalue weighted by molar-refractivity contribution is 5.91. The summed E-state index contributed by atoms with van der Waals surface area (Å²) in [6, 6.07) is 6.75. The third kappa shape index (κ3) is 4.60. The number of H-pyrrole nitrogens is 1. The van der Waals surface area contributed by atoms with Crippen molar-refractivity contribution in [3.05, 3.63) is 51.6 Å². The van der Waals surface area contributed by atoms with Crippen LogP contribution >= 0.6 is 0 Å². The Hall–Kier alpha value is -2.93. The van der Waals surface area contributed by atoms with Gasteiger partial charge in [0.1, 0.15) is 11.4 Å². The summed E-state index contributed by atoms with van der Waals surface area (Å²) in [5, 5.41) is 1.23. The molecule has 1 aromatic carbocycles. The third-order valence-electron chi connectivity index (χ3n) is 6.85. The first kappa shape index (κ1) is 23.2. The van der Waals surface area contributed by atoms with Crippen LogP contribution in [-0.2, 0) is 11.8 Å². The van der Waals surface area contributed by atoms with E-state index in [-0.39, 0.29) is 11.5 Å². The lowest BCUT2D eigenvalue weighted by atomic mass is 9.87. The van der Waals surface area contributed by atoms with Crippen LogP contribution in [0.5, 0.6) is 0 Å². The zero-order valence-corrected chi connectivity index (χ0v) is 20.6. The van der Waals surface area contributed by atoms with Gasteiger partial charge in [0, 0.05) is 38.2 Å². The van der Waals surface area contributed by atoms with Gasteiger partial charge in [-0.2, -0.15) is 0 Å². The second-order valence-electron chi connectivity index (χ2n) is 9.84. The number of carbonyl (C=O) groups is 1. The molecule has 1 aliphatic rings. The van der Waals surface area contributed by atoms with Crippen molar-refractivity contribution in [2.75, 3.05) is 33.7 Å². The van der Waals surface area contributed by atoms with E-state index in [0.717, 1.165) is 42.8 Å². The van der Waals surface area contributed by atoms with Gasteiger partial charge in [-0.1, -0.05) is 19.9 Å². The van der Waals surface area contributed by atoms with Crippen LogP contribution < -0.4 is 5.56 Å². The maximum absolute atomic E-state index is 12.1. The number of piperidine rings is 1. The number of amides is 1. The van der Waals surface area contributed by atoms with Gasteiger partial charge in [-0.3, -0.25) is 14.5 Å². The number of aryl methyl sites for hydroxylation is 2. The van der Waals surface area contributed by atoms with Crippen LogP contribution in [0.1, 0.15) is 55.3 Å². The Morgan fingerprint density at radius 3 is 2.55 bits per heavy atom. The number of aromatic amines is 1. The highest BCUT2D eigenvalue weighted by Crippen LogP contribution is 2.37. The van der Waals surface area contributed by atoms with E-state index in [9.17, 15) is 9.59 Å². The van der Waals surface area contributed by atoms with E-state index in [1.54, 1.807) is 23.4 Å². The van der Waals surface area contributed by atoms with Crippen LogP contribution in [0.15, 0.2) is 29.2 Å². The monoisotopic (exact) mass is 449 g/mol. The molecule has 7 nitrogen and oxygen atoms in total. The smallest absolute Gasteiger partial charge is 0.271 e. The van der Waals surface area contributed by atoms with Crippen molar-refractivity contribution in [1.82, 2.24) is 24.3 Å². The SMILES string of the molecule is Cc1nc(-c2[nH]c3ccc(C4CCN(CC(=O)N(C)C)CC4)cc3c2C(C)C)cn(C)c1=O. The lowest BCUT2D eigenvalue weighted by Gasteiger charge is -2.32. The van der Waals surface area contributed by atoms with Gasteiger partial charge in [0.05, 0.1) is 12.2 Å². The van der Waals surface area contributed by atoms with Crippen LogP contribution in [0.25, 0.3) is 22.3 Å². The van der Waals surface area contributed by atoms with Crippen LogP contribution in [-0.4, -0.2) is 64.0 Å². The number of fused-ring (bicyclic) bond motifs is 1. The number of carbonyl (C=O) groups excluding carboxylic acids is 1. The standard InChI is InChI=1S/C26H35N5O2/c1-16(2)24-20-13-19(18-9-11-31(12-10-18)15-23(32)29(4)5)7-8-21(20)28-25(24)22-14-30(6)26(33)17(3)27-22/h7-8,13-14,16,18,28H,9-12,15H2,1-6H3. The third-order valence-corrected chi connectivity index (χ3v) is 6.85. The average Bonchev–Trinajstić information content (AvgIpc) is 3.16. The number of hydrogen-bond donors (Lipinski definition) is 1. The second-order valence-corrected chi connectivity index (χ2v) is 9.84. The van der Waals surface area contributed by atoms with Crippen LogP contribution in [0.4, 0.5) is 0 Å². The Kier molecular flexibility index (Phi) is 6.43. The van der Waals surface area contributed by atoms with Crippen molar-refractivity contribution in [3.8, 4) is 11.4 Å². The fourth-order valence-corrected chi connectivity index (χ4v) is 4.92. The number of nitrogens with zero attached hydrogens (tertiary/aromatic N) is 4. The predicted molar refractivity (Wildman–Crippen MR) is 133 cm³/mol. The normalized spacial score (nSPS) is 15.5. The summed E-state index contributed by atoms with van der Waals surface area (Å²) in [6.07, 6.45) is 3.93. The molecule has 176 valence electrons. The molecule has 0 bridgehead atoms. The first-order chi connectivity index (χ1) is 15.7. The zero-order chi connectivity index (χ0) is 23.9. The van der Waals surface area contributed by atoms with Gasteiger partial charge >= 0.3 is 0 Å². The molecule has 1 amide bonds. The molecule has 1 aliphatic heterocycles. The molecule has 2 aromatic heterocycles. The largest absolute Gasteiger partial charge is 0.353 e. The molecule has 0 saturated carbocycles. The molecular formula is C26H35N5O2. The van der Waals surface area contributed by atoms with Crippen molar-refractivity contribution < 1.29 is 4.79 Å².